The second-order valence-electron chi connectivity index (χ2n) is 8.95. The van der Waals surface area contributed by atoms with Crippen molar-refractivity contribution in [2.24, 2.45) is 0 Å². The number of benzene rings is 1. The highest BCUT2D eigenvalue weighted by Gasteiger charge is 2.31. The van der Waals surface area contributed by atoms with Gasteiger partial charge >= 0.3 is 0 Å². The zero-order valence-corrected chi connectivity index (χ0v) is 20.5. The molecule has 190 valence electrons. The van der Waals surface area contributed by atoms with Crippen LogP contribution in [0.1, 0.15) is 23.8 Å². The summed E-state index contributed by atoms with van der Waals surface area (Å²) < 4.78 is 34.8. The van der Waals surface area contributed by atoms with Gasteiger partial charge in [0.2, 0.25) is 5.91 Å². The predicted molar refractivity (Wildman–Crippen MR) is 133 cm³/mol. The molecule has 2 aliphatic heterocycles. The van der Waals surface area contributed by atoms with E-state index in [-0.39, 0.29) is 37.0 Å². The van der Waals surface area contributed by atoms with Gasteiger partial charge in [-0.2, -0.15) is 0 Å². The first-order chi connectivity index (χ1) is 17.4. The molecule has 4 heterocycles. The quantitative estimate of drug-likeness (QED) is 0.442. The van der Waals surface area contributed by atoms with Gasteiger partial charge in [0.15, 0.2) is 0 Å². The molecule has 3 N–H and O–H groups in total. The van der Waals surface area contributed by atoms with Gasteiger partial charge in [-0.15, -0.1) is 11.8 Å². The number of aromatic nitrogens is 2. The highest BCUT2D eigenvalue weighted by atomic mass is 32.2. The van der Waals surface area contributed by atoms with Crippen LogP contribution in [0.3, 0.4) is 0 Å². The van der Waals surface area contributed by atoms with Crippen LogP contribution in [0.2, 0.25) is 0 Å². The molecule has 2 aromatic heterocycles. The Balaban J connectivity index is 1.19. The number of hydrogen-bond donors (Lipinski definition) is 3. The number of β-amino-alcohol motifs (C(OH)–C–C–N with tert-alkyl or cyclic N) is 1. The lowest BCUT2D eigenvalue weighted by Crippen LogP contribution is -2.51. The number of carbonyl (C=O) groups is 1. The Morgan fingerprint density at radius 2 is 2.22 bits per heavy atom. The van der Waals surface area contributed by atoms with E-state index in [9.17, 15) is 14.3 Å². The number of ether oxygens (including phenoxy) is 1. The molecule has 3 atom stereocenters. The topological polar surface area (TPSA) is 99.6 Å². The minimum atomic E-state index is -1.20. The van der Waals surface area contributed by atoms with Crippen LogP contribution in [0.25, 0.3) is 10.9 Å². The monoisotopic (exact) mass is 515 g/mol. The third-order valence-electron chi connectivity index (χ3n) is 6.56. The number of aliphatic hydroxyl groups excluding tert-OH is 1. The van der Waals surface area contributed by atoms with Gasteiger partial charge in [0, 0.05) is 37.3 Å². The van der Waals surface area contributed by atoms with Crippen molar-refractivity contribution in [1.29, 1.82) is 0 Å². The molecule has 5 rings (SSSR count). The third kappa shape index (κ3) is 5.29. The largest absolute Gasteiger partial charge is 0.497 e. The van der Waals surface area contributed by atoms with Crippen molar-refractivity contribution < 1.29 is 23.4 Å². The number of fused-ring (bicyclic) bond motifs is 2. The highest BCUT2D eigenvalue weighted by Crippen LogP contribution is 2.31. The van der Waals surface area contributed by atoms with Gasteiger partial charge in [-0.3, -0.25) is 14.7 Å². The first-order valence-electron chi connectivity index (χ1n) is 11.7. The van der Waals surface area contributed by atoms with E-state index in [4.69, 9.17) is 4.74 Å². The van der Waals surface area contributed by atoms with Crippen LogP contribution in [0.15, 0.2) is 41.4 Å². The van der Waals surface area contributed by atoms with Crippen molar-refractivity contribution in [3.63, 3.8) is 0 Å². The van der Waals surface area contributed by atoms with Crippen LogP contribution in [0.4, 0.5) is 14.6 Å². The molecule has 0 aliphatic carbocycles. The van der Waals surface area contributed by atoms with Gasteiger partial charge in [0.1, 0.15) is 23.6 Å². The van der Waals surface area contributed by atoms with Gasteiger partial charge in [-0.1, -0.05) is 0 Å². The number of alkyl halides is 1. The standard InChI is InChI=1S/C25H27F2N5O3S/c1-35-14-2-3-19-16(8-14)15(4-6-28-19)22(33)12-32-7-5-20(18(27)11-32)29-10-21-17(26)9-23-25(30-21)31-24(34)13-36-23/h2-4,6,8-9,18,20,22,29,33H,5,7,10-13H2,1H3,(H,30,31,34)/t18?,20?,22-/m0/s1. The second kappa shape index (κ2) is 10.6. The molecule has 8 nitrogen and oxygen atoms in total. The third-order valence-corrected chi connectivity index (χ3v) is 7.59. The molecule has 36 heavy (non-hydrogen) atoms. The Labute approximate surface area is 211 Å². The van der Waals surface area contributed by atoms with Gasteiger partial charge in [-0.25, -0.2) is 13.8 Å². The van der Waals surface area contributed by atoms with Gasteiger partial charge in [0.25, 0.3) is 0 Å². The smallest absolute Gasteiger partial charge is 0.235 e. The molecule has 0 bridgehead atoms. The normalized spacial score (nSPS) is 21.2. The number of likely N-dealkylation sites (tertiary alicyclic amines) is 1. The summed E-state index contributed by atoms with van der Waals surface area (Å²) in [6, 6.07) is 8.16. The number of carbonyl (C=O) groups excluding carboxylic acids is 1. The minimum absolute atomic E-state index is 0.0538. The van der Waals surface area contributed by atoms with Crippen molar-refractivity contribution in [2.45, 2.75) is 36.2 Å². The Morgan fingerprint density at radius 1 is 1.36 bits per heavy atom. The summed E-state index contributed by atoms with van der Waals surface area (Å²) in [5.41, 5.74) is 1.61. The summed E-state index contributed by atoms with van der Waals surface area (Å²) in [4.78, 5) is 22.7. The van der Waals surface area contributed by atoms with E-state index >= 15 is 4.39 Å². The van der Waals surface area contributed by atoms with Gasteiger partial charge in [-0.05, 0) is 48.9 Å². The molecular weight excluding hydrogens is 488 g/mol. The Kier molecular flexibility index (Phi) is 7.33. The van der Waals surface area contributed by atoms with Gasteiger partial charge in [0.05, 0.1) is 35.1 Å². The van der Waals surface area contributed by atoms with Crippen LogP contribution in [0.5, 0.6) is 5.75 Å². The number of anilines is 1. The van der Waals surface area contributed by atoms with Crippen molar-refractivity contribution in [2.75, 3.05) is 37.8 Å². The van der Waals surface area contributed by atoms with Crippen molar-refractivity contribution in [3.05, 3.63) is 53.6 Å². The van der Waals surface area contributed by atoms with Crippen molar-refractivity contribution >= 4 is 34.4 Å². The fourth-order valence-corrected chi connectivity index (χ4v) is 5.42. The number of hydrogen-bond acceptors (Lipinski definition) is 8. The number of aliphatic hydroxyl groups is 1. The van der Waals surface area contributed by atoms with E-state index in [0.717, 1.165) is 10.9 Å². The second-order valence-corrected chi connectivity index (χ2v) is 9.97. The molecule has 1 amide bonds. The summed E-state index contributed by atoms with van der Waals surface area (Å²) in [7, 11) is 1.58. The molecule has 0 spiro atoms. The molecule has 1 aromatic carbocycles. The summed E-state index contributed by atoms with van der Waals surface area (Å²) in [5.74, 6) is 0.584. The van der Waals surface area contributed by atoms with Gasteiger partial charge < -0.3 is 20.5 Å². The molecular formula is C25H27F2N5O3S. The summed E-state index contributed by atoms with van der Waals surface area (Å²) in [5, 5.41) is 17.5. The van der Waals surface area contributed by atoms with E-state index in [1.54, 1.807) is 19.4 Å². The highest BCUT2D eigenvalue weighted by molar-refractivity contribution is 8.00. The maximum Gasteiger partial charge on any atom is 0.235 e. The fourth-order valence-electron chi connectivity index (χ4n) is 4.64. The lowest BCUT2D eigenvalue weighted by Gasteiger charge is -2.36. The maximum atomic E-state index is 15.0. The van der Waals surface area contributed by atoms with E-state index < -0.39 is 24.1 Å². The number of nitrogens with zero attached hydrogens (tertiary/aromatic N) is 3. The molecule has 1 fully saturated rings. The average molecular weight is 516 g/mol. The van der Waals surface area contributed by atoms with Crippen LogP contribution >= 0.6 is 11.8 Å². The van der Waals surface area contributed by atoms with E-state index in [2.05, 4.69) is 20.6 Å². The molecule has 3 aromatic rings. The van der Waals surface area contributed by atoms with E-state index in [1.165, 1.54) is 17.8 Å². The number of piperidine rings is 1. The first-order valence-corrected chi connectivity index (χ1v) is 12.7. The van der Waals surface area contributed by atoms with E-state index in [0.29, 0.717) is 35.0 Å². The molecule has 2 aliphatic rings. The van der Waals surface area contributed by atoms with Crippen LogP contribution in [0, 0.1) is 5.82 Å². The number of amides is 1. The molecule has 11 heteroatoms. The number of methoxy groups -OCH3 is 1. The lowest BCUT2D eigenvalue weighted by molar-refractivity contribution is -0.113. The fraction of sp³-hybridized carbons (Fsp3) is 0.400. The first kappa shape index (κ1) is 24.8. The summed E-state index contributed by atoms with van der Waals surface area (Å²) in [6.45, 7) is 1.06. The van der Waals surface area contributed by atoms with Crippen molar-refractivity contribution in [1.82, 2.24) is 20.2 Å². The van der Waals surface area contributed by atoms with Crippen LogP contribution in [-0.2, 0) is 11.3 Å². The Morgan fingerprint density at radius 3 is 3.03 bits per heavy atom. The zero-order chi connectivity index (χ0) is 25.2. The average Bonchev–Trinajstić information content (AvgIpc) is 2.87. The predicted octanol–water partition coefficient (Wildman–Crippen LogP) is 3.06. The van der Waals surface area contributed by atoms with Crippen molar-refractivity contribution in [3.8, 4) is 5.75 Å². The Hall–Kier alpha value is -2.86. The molecule has 0 radical (unpaired) electrons. The minimum Gasteiger partial charge on any atom is -0.497 e. The molecule has 2 unspecified atom stereocenters. The van der Waals surface area contributed by atoms with Crippen LogP contribution in [-0.4, -0.2) is 70.6 Å². The zero-order valence-electron chi connectivity index (χ0n) is 19.7. The van der Waals surface area contributed by atoms with E-state index in [1.807, 2.05) is 23.1 Å². The Bertz CT molecular complexity index is 1280. The molecule has 0 saturated carbocycles. The summed E-state index contributed by atoms with van der Waals surface area (Å²) in [6.07, 6.45) is 0.134. The number of rotatable bonds is 7. The lowest BCUT2D eigenvalue weighted by atomic mass is 10.00. The molecule has 1 saturated heterocycles. The summed E-state index contributed by atoms with van der Waals surface area (Å²) >= 11 is 1.24. The number of nitrogens with one attached hydrogen (secondary N) is 2. The maximum absolute atomic E-state index is 15.0. The number of pyridine rings is 2. The number of thioether (sulfide) groups is 1. The van der Waals surface area contributed by atoms with Crippen LogP contribution < -0.4 is 15.4 Å². The number of halogens is 2. The SMILES string of the molecule is COc1ccc2nccc([C@@H](O)CN3CCC(NCc4nc5c(cc4F)SCC(=O)N5)C(F)C3)c2c1.